The molecule has 1 atom stereocenters. The Morgan fingerprint density at radius 1 is 1.26 bits per heavy atom. The maximum atomic E-state index is 14.2. The van der Waals surface area contributed by atoms with E-state index in [0.29, 0.717) is 24.6 Å². The topological polar surface area (TPSA) is 62.8 Å². The molecule has 0 radical (unpaired) electrons. The van der Waals surface area contributed by atoms with Crippen LogP contribution >= 0.6 is 0 Å². The normalized spacial score (nSPS) is 20.7. The van der Waals surface area contributed by atoms with E-state index in [0.717, 1.165) is 43.4 Å². The number of halogens is 2. The molecule has 1 aromatic heterocycles. The Balaban J connectivity index is 1.52. The maximum absolute atomic E-state index is 14.2. The Morgan fingerprint density at radius 2 is 2.13 bits per heavy atom. The van der Waals surface area contributed by atoms with Crippen molar-refractivity contribution in [3.05, 3.63) is 41.0 Å². The quantitative estimate of drug-likeness (QED) is 0.909. The number of aromatic nitrogens is 3. The highest BCUT2D eigenvalue weighted by Crippen LogP contribution is 2.38. The summed E-state index contributed by atoms with van der Waals surface area (Å²) in [5, 5.41) is 10.4. The van der Waals surface area contributed by atoms with Gasteiger partial charge in [-0.25, -0.2) is 13.8 Å². The van der Waals surface area contributed by atoms with Crippen molar-refractivity contribution in [3.63, 3.8) is 0 Å². The standard InChI is InChI=1S/C16H18F2N4O/c17-10-6-11(18)15-12(2-1-5-23-13(15)7-10)19-8-14-20-16(22-21-14)9-3-4-9/h6-7,9,12,19H,1-5,8H2,(H,20,21,22)/t12-/m1/s1. The molecule has 23 heavy (non-hydrogen) atoms. The van der Waals surface area contributed by atoms with Crippen LogP contribution in [-0.4, -0.2) is 21.8 Å². The Bertz CT molecular complexity index is 714. The van der Waals surface area contributed by atoms with E-state index in [9.17, 15) is 8.78 Å². The zero-order valence-corrected chi connectivity index (χ0v) is 12.6. The number of hydrogen-bond acceptors (Lipinski definition) is 4. The van der Waals surface area contributed by atoms with E-state index in [1.54, 1.807) is 0 Å². The number of ether oxygens (including phenoxy) is 1. The molecule has 0 spiro atoms. The Morgan fingerprint density at radius 3 is 2.96 bits per heavy atom. The zero-order chi connectivity index (χ0) is 15.8. The first-order valence-corrected chi connectivity index (χ1v) is 7.97. The van der Waals surface area contributed by atoms with Gasteiger partial charge in [0, 0.05) is 29.7 Å². The minimum Gasteiger partial charge on any atom is -0.493 e. The maximum Gasteiger partial charge on any atom is 0.153 e. The molecule has 2 N–H and O–H groups in total. The lowest BCUT2D eigenvalue weighted by Crippen LogP contribution is -2.22. The number of H-pyrrole nitrogens is 1. The SMILES string of the molecule is Fc1cc(F)c2c(c1)OCCC[C@H]2NCc1nc(C2CC2)n[nH]1. The van der Waals surface area contributed by atoms with Crippen molar-refractivity contribution < 1.29 is 13.5 Å². The molecule has 2 aliphatic rings. The van der Waals surface area contributed by atoms with Gasteiger partial charge < -0.3 is 10.1 Å². The van der Waals surface area contributed by atoms with Gasteiger partial charge in [0.25, 0.3) is 0 Å². The summed E-state index contributed by atoms with van der Waals surface area (Å²) in [7, 11) is 0. The first-order valence-electron chi connectivity index (χ1n) is 7.97. The predicted octanol–water partition coefficient (Wildman–Crippen LogP) is 2.96. The van der Waals surface area contributed by atoms with Gasteiger partial charge in [0.15, 0.2) is 5.82 Å². The van der Waals surface area contributed by atoms with Gasteiger partial charge >= 0.3 is 0 Å². The second-order valence-corrected chi connectivity index (χ2v) is 6.14. The third-order valence-corrected chi connectivity index (χ3v) is 4.31. The van der Waals surface area contributed by atoms with Crippen LogP contribution in [0.15, 0.2) is 12.1 Å². The summed E-state index contributed by atoms with van der Waals surface area (Å²) in [6.45, 7) is 0.919. The molecule has 2 heterocycles. The van der Waals surface area contributed by atoms with E-state index < -0.39 is 11.6 Å². The highest BCUT2D eigenvalue weighted by atomic mass is 19.1. The van der Waals surface area contributed by atoms with E-state index in [-0.39, 0.29) is 11.8 Å². The second kappa shape index (κ2) is 5.88. The van der Waals surface area contributed by atoms with Gasteiger partial charge in [0.2, 0.25) is 0 Å². The van der Waals surface area contributed by atoms with Crippen molar-refractivity contribution in [2.24, 2.45) is 0 Å². The third-order valence-electron chi connectivity index (χ3n) is 4.31. The summed E-state index contributed by atoms with van der Waals surface area (Å²) < 4.78 is 33.1. The highest BCUT2D eigenvalue weighted by molar-refractivity contribution is 5.38. The van der Waals surface area contributed by atoms with E-state index in [1.807, 2.05) is 0 Å². The average Bonchev–Trinajstić information content (AvgIpc) is 3.29. The van der Waals surface area contributed by atoms with Crippen LogP contribution in [-0.2, 0) is 6.54 Å². The lowest BCUT2D eigenvalue weighted by molar-refractivity contribution is 0.313. The molecule has 0 amide bonds. The van der Waals surface area contributed by atoms with Gasteiger partial charge in [-0.2, -0.15) is 5.10 Å². The van der Waals surface area contributed by atoms with Gasteiger partial charge in [-0.05, 0) is 25.7 Å². The smallest absolute Gasteiger partial charge is 0.153 e. The van der Waals surface area contributed by atoms with Crippen molar-refractivity contribution in [2.45, 2.75) is 44.2 Å². The van der Waals surface area contributed by atoms with Crippen molar-refractivity contribution in [1.29, 1.82) is 0 Å². The molecule has 1 aromatic carbocycles. The van der Waals surface area contributed by atoms with Crippen LogP contribution in [0.3, 0.4) is 0 Å². The molecule has 4 rings (SSSR count). The fourth-order valence-corrected chi connectivity index (χ4v) is 2.97. The minimum atomic E-state index is -0.619. The summed E-state index contributed by atoms with van der Waals surface area (Å²) >= 11 is 0. The van der Waals surface area contributed by atoms with E-state index in [2.05, 4.69) is 20.5 Å². The van der Waals surface area contributed by atoms with Crippen LogP contribution in [0.5, 0.6) is 5.75 Å². The highest BCUT2D eigenvalue weighted by Gasteiger charge is 2.28. The first-order chi connectivity index (χ1) is 11.2. The molecule has 0 saturated heterocycles. The molecule has 1 saturated carbocycles. The number of aromatic amines is 1. The second-order valence-electron chi connectivity index (χ2n) is 6.14. The summed E-state index contributed by atoms with van der Waals surface area (Å²) in [5.74, 6) is 1.18. The summed E-state index contributed by atoms with van der Waals surface area (Å²) in [5.41, 5.74) is 0.394. The number of nitrogens with one attached hydrogen (secondary N) is 2. The van der Waals surface area contributed by atoms with Crippen molar-refractivity contribution in [3.8, 4) is 5.75 Å². The number of hydrogen-bond donors (Lipinski definition) is 2. The minimum absolute atomic E-state index is 0.234. The fraction of sp³-hybridized carbons (Fsp3) is 0.500. The van der Waals surface area contributed by atoms with Crippen LogP contribution < -0.4 is 10.1 Å². The number of rotatable bonds is 4. The fourth-order valence-electron chi connectivity index (χ4n) is 2.97. The van der Waals surface area contributed by atoms with Gasteiger partial charge in [-0.1, -0.05) is 0 Å². The molecule has 1 aliphatic heterocycles. The predicted molar refractivity (Wildman–Crippen MR) is 79.0 cm³/mol. The van der Waals surface area contributed by atoms with Crippen LogP contribution in [0.1, 0.15) is 54.9 Å². The molecule has 122 valence electrons. The Hall–Kier alpha value is -2.02. The van der Waals surface area contributed by atoms with Gasteiger partial charge in [-0.15, -0.1) is 0 Å². The van der Waals surface area contributed by atoms with E-state index in [1.165, 1.54) is 6.07 Å². The molecular weight excluding hydrogens is 302 g/mol. The zero-order valence-electron chi connectivity index (χ0n) is 12.6. The molecule has 2 aromatic rings. The first kappa shape index (κ1) is 14.6. The van der Waals surface area contributed by atoms with Crippen molar-refractivity contribution in [1.82, 2.24) is 20.5 Å². The molecule has 1 aliphatic carbocycles. The lowest BCUT2D eigenvalue weighted by atomic mass is 10.0. The summed E-state index contributed by atoms with van der Waals surface area (Å²) in [6, 6.07) is 1.92. The number of fused-ring (bicyclic) bond motifs is 1. The van der Waals surface area contributed by atoms with Crippen molar-refractivity contribution >= 4 is 0 Å². The Kier molecular flexibility index (Phi) is 3.72. The average molecular weight is 320 g/mol. The molecule has 0 bridgehead atoms. The Labute approximate surface area is 132 Å². The summed E-state index contributed by atoms with van der Waals surface area (Å²) in [4.78, 5) is 4.46. The monoisotopic (exact) mass is 320 g/mol. The van der Waals surface area contributed by atoms with Gasteiger partial charge in [-0.3, -0.25) is 5.10 Å². The van der Waals surface area contributed by atoms with Gasteiger partial charge in [0.1, 0.15) is 23.2 Å². The lowest BCUT2D eigenvalue weighted by Gasteiger charge is -2.18. The molecular formula is C16H18F2N4O. The van der Waals surface area contributed by atoms with Crippen LogP contribution in [0, 0.1) is 11.6 Å². The third kappa shape index (κ3) is 3.06. The van der Waals surface area contributed by atoms with E-state index >= 15 is 0 Å². The number of nitrogens with zero attached hydrogens (tertiary/aromatic N) is 2. The summed E-state index contributed by atoms with van der Waals surface area (Å²) in [6.07, 6.45) is 3.79. The number of benzene rings is 1. The van der Waals surface area contributed by atoms with E-state index in [4.69, 9.17) is 4.74 Å². The molecule has 1 fully saturated rings. The largest absolute Gasteiger partial charge is 0.493 e. The molecule has 5 nitrogen and oxygen atoms in total. The van der Waals surface area contributed by atoms with Crippen LogP contribution in [0.25, 0.3) is 0 Å². The van der Waals surface area contributed by atoms with Gasteiger partial charge in [0.05, 0.1) is 13.2 Å². The molecule has 7 heteroatoms. The van der Waals surface area contributed by atoms with Crippen LogP contribution in [0.4, 0.5) is 8.78 Å². The molecule has 0 unspecified atom stereocenters. The van der Waals surface area contributed by atoms with Crippen LogP contribution in [0.2, 0.25) is 0 Å². The van der Waals surface area contributed by atoms with Crippen molar-refractivity contribution in [2.75, 3.05) is 6.61 Å².